The summed E-state index contributed by atoms with van der Waals surface area (Å²) in [5.74, 6) is 0. The van der Waals surface area contributed by atoms with Crippen molar-refractivity contribution in [3.05, 3.63) is 33.2 Å². The van der Waals surface area contributed by atoms with Crippen molar-refractivity contribution in [3.63, 3.8) is 0 Å². The van der Waals surface area contributed by atoms with Crippen LogP contribution in [-0.4, -0.2) is 18.0 Å². The Morgan fingerprint density at radius 2 is 2.12 bits per heavy atom. The van der Waals surface area contributed by atoms with Gasteiger partial charge < -0.3 is 4.90 Å². The normalized spacial score (nSPS) is 10.0. The smallest absolute Gasteiger partial charge is 0.298 e. The summed E-state index contributed by atoms with van der Waals surface area (Å²) in [6.07, 6.45) is 0.967. The van der Waals surface area contributed by atoms with Crippen LogP contribution in [0.15, 0.2) is 23.4 Å². The van der Waals surface area contributed by atoms with Crippen LogP contribution in [0.1, 0.15) is 20.3 Å². The molecule has 6 heteroatoms. The number of anilines is 1. The van der Waals surface area contributed by atoms with Gasteiger partial charge in [0.15, 0.2) is 5.69 Å². The molecule has 0 saturated heterocycles. The molecule has 0 spiro atoms. The van der Waals surface area contributed by atoms with E-state index < -0.39 is 4.92 Å². The molecule has 0 radical (unpaired) electrons. The minimum Gasteiger partial charge on any atom is -0.372 e. The van der Waals surface area contributed by atoms with Crippen LogP contribution in [0.4, 0.5) is 17.1 Å². The molecule has 0 fully saturated rings. The Morgan fingerprint density at radius 3 is 2.59 bits per heavy atom. The number of hydrogen-bond donors (Lipinski definition) is 0. The average molecular weight is 237 g/mol. The fourth-order valence-electron chi connectivity index (χ4n) is 1.68. The zero-order chi connectivity index (χ0) is 12.8. The molecule has 0 aliphatic carbocycles. The maximum Gasteiger partial charge on any atom is 0.298 e. The lowest BCUT2D eigenvalue weighted by molar-refractivity contribution is -0.384. The number of rotatable bonds is 6. The number of nitro groups is 1. The predicted molar refractivity (Wildman–Crippen MR) is 66.7 cm³/mol. The Morgan fingerprint density at radius 1 is 1.41 bits per heavy atom. The molecule has 17 heavy (non-hydrogen) atoms. The minimum atomic E-state index is -0.601. The Kier molecular flexibility index (Phi) is 4.56. The van der Waals surface area contributed by atoms with E-state index in [9.17, 15) is 15.0 Å². The predicted octanol–water partition coefficient (Wildman–Crippen LogP) is 3.23. The quantitative estimate of drug-likeness (QED) is 0.432. The molecule has 0 heterocycles. The first kappa shape index (κ1) is 13.1. The van der Waals surface area contributed by atoms with E-state index in [1.54, 1.807) is 6.07 Å². The fourth-order valence-corrected chi connectivity index (χ4v) is 1.68. The Bertz CT molecular complexity index is 420. The average Bonchev–Trinajstić information content (AvgIpc) is 2.34. The zero-order valence-electron chi connectivity index (χ0n) is 9.92. The second-order valence-electron chi connectivity index (χ2n) is 3.60. The monoisotopic (exact) mass is 237 g/mol. The highest BCUT2D eigenvalue weighted by Crippen LogP contribution is 2.31. The lowest BCUT2D eigenvalue weighted by Gasteiger charge is -2.22. The van der Waals surface area contributed by atoms with Crippen molar-refractivity contribution in [2.45, 2.75) is 20.3 Å². The summed E-state index contributed by atoms with van der Waals surface area (Å²) in [6.45, 7) is 5.66. The summed E-state index contributed by atoms with van der Waals surface area (Å²) < 4.78 is 0. The molecular weight excluding hydrogens is 222 g/mol. The molecular formula is C11H15N3O3. The lowest BCUT2D eigenvalue weighted by atomic mass is 10.2. The van der Waals surface area contributed by atoms with E-state index in [2.05, 4.69) is 5.18 Å². The zero-order valence-corrected chi connectivity index (χ0v) is 9.92. The van der Waals surface area contributed by atoms with Crippen LogP contribution in [0.3, 0.4) is 0 Å². The molecule has 92 valence electrons. The molecule has 6 nitrogen and oxygen atoms in total. The van der Waals surface area contributed by atoms with Crippen LogP contribution < -0.4 is 4.90 Å². The number of nitroso groups, excluding NO2 is 1. The maximum atomic E-state index is 10.7. The maximum absolute atomic E-state index is 10.7. The summed E-state index contributed by atoms with van der Waals surface area (Å²) in [4.78, 5) is 22.7. The highest BCUT2D eigenvalue weighted by Gasteiger charge is 2.16. The molecule has 0 aliphatic rings. The lowest BCUT2D eigenvalue weighted by Crippen LogP contribution is -2.23. The van der Waals surface area contributed by atoms with Crippen LogP contribution in [0.25, 0.3) is 0 Å². The largest absolute Gasteiger partial charge is 0.372 e. The van der Waals surface area contributed by atoms with Crippen LogP contribution in [0.2, 0.25) is 0 Å². The first-order valence-electron chi connectivity index (χ1n) is 5.50. The van der Waals surface area contributed by atoms with Gasteiger partial charge >= 0.3 is 0 Å². The van der Waals surface area contributed by atoms with E-state index >= 15 is 0 Å². The standard InChI is InChI=1S/C11H15N3O3/c1-3-7-13(4-2)9-5-6-11(14(16)17)10(8-9)12-15/h5-6,8H,3-4,7H2,1-2H3. The van der Waals surface area contributed by atoms with Gasteiger partial charge in [0.05, 0.1) is 4.92 Å². The summed E-state index contributed by atoms with van der Waals surface area (Å²) >= 11 is 0. The van der Waals surface area contributed by atoms with Gasteiger partial charge in [-0.1, -0.05) is 6.92 Å². The summed E-state index contributed by atoms with van der Waals surface area (Å²) in [6, 6.07) is 4.43. The topological polar surface area (TPSA) is 75.8 Å². The van der Waals surface area contributed by atoms with Crippen molar-refractivity contribution in [1.29, 1.82) is 0 Å². The summed E-state index contributed by atoms with van der Waals surface area (Å²) in [5, 5.41) is 13.4. The second kappa shape index (κ2) is 5.93. The van der Waals surface area contributed by atoms with E-state index in [0.29, 0.717) is 0 Å². The molecule has 0 unspecified atom stereocenters. The van der Waals surface area contributed by atoms with Gasteiger partial charge in [0, 0.05) is 24.8 Å². The van der Waals surface area contributed by atoms with Crippen molar-refractivity contribution in [3.8, 4) is 0 Å². The first-order chi connectivity index (χ1) is 8.13. The number of nitrogens with zero attached hydrogens (tertiary/aromatic N) is 3. The molecule has 1 aromatic carbocycles. The van der Waals surface area contributed by atoms with Crippen LogP contribution in [0, 0.1) is 15.0 Å². The fraction of sp³-hybridized carbons (Fsp3) is 0.455. The third-order valence-electron chi connectivity index (χ3n) is 2.49. The third kappa shape index (κ3) is 2.99. The van der Waals surface area contributed by atoms with Crippen molar-refractivity contribution in [2.75, 3.05) is 18.0 Å². The van der Waals surface area contributed by atoms with E-state index in [1.165, 1.54) is 12.1 Å². The Balaban J connectivity index is 3.11. The van der Waals surface area contributed by atoms with E-state index in [4.69, 9.17) is 0 Å². The van der Waals surface area contributed by atoms with Crippen LogP contribution >= 0.6 is 0 Å². The summed E-state index contributed by atoms with van der Waals surface area (Å²) in [7, 11) is 0. The van der Waals surface area contributed by atoms with Gasteiger partial charge in [-0.15, -0.1) is 4.91 Å². The van der Waals surface area contributed by atoms with Gasteiger partial charge in [-0.25, -0.2) is 0 Å². The van der Waals surface area contributed by atoms with Gasteiger partial charge in [0.2, 0.25) is 0 Å². The molecule has 0 bridgehead atoms. The Labute approximate surface area is 99.4 Å². The second-order valence-corrected chi connectivity index (χ2v) is 3.60. The summed E-state index contributed by atoms with van der Waals surface area (Å²) in [5.41, 5.74) is 0.410. The van der Waals surface area contributed by atoms with Crippen molar-refractivity contribution >= 4 is 17.1 Å². The van der Waals surface area contributed by atoms with Crippen molar-refractivity contribution < 1.29 is 4.92 Å². The molecule has 0 amide bonds. The number of hydrogen-bond acceptors (Lipinski definition) is 5. The third-order valence-corrected chi connectivity index (χ3v) is 2.49. The molecule has 1 aromatic rings. The van der Waals surface area contributed by atoms with Gasteiger partial charge in [0.25, 0.3) is 5.69 Å². The van der Waals surface area contributed by atoms with E-state index in [1.807, 2.05) is 18.7 Å². The van der Waals surface area contributed by atoms with Crippen LogP contribution in [0.5, 0.6) is 0 Å². The van der Waals surface area contributed by atoms with E-state index in [0.717, 1.165) is 25.2 Å². The number of nitro benzene ring substituents is 1. The molecule has 0 saturated carbocycles. The minimum absolute atomic E-state index is 0.123. The SMILES string of the molecule is CCCN(CC)c1ccc([N+](=O)[O-])c(N=O)c1. The highest BCUT2D eigenvalue weighted by atomic mass is 16.6. The highest BCUT2D eigenvalue weighted by molar-refractivity contribution is 5.66. The molecule has 0 N–H and O–H groups in total. The molecule has 0 aromatic heterocycles. The van der Waals surface area contributed by atoms with Gasteiger partial charge in [-0.2, -0.15) is 0 Å². The molecule has 1 rings (SSSR count). The molecule has 0 atom stereocenters. The van der Waals surface area contributed by atoms with Crippen molar-refractivity contribution in [1.82, 2.24) is 0 Å². The van der Waals surface area contributed by atoms with E-state index in [-0.39, 0.29) is 11.4 Å². The van der Waals surface area contributed by atoms with Gasteiger partial charge in [0.1, 0.15) is 0 Å². The number of benzene rings is 1. The van der Waals surface area contributed by atoms with Crippen LogP contribution in [-0.2, 0) is 0 Å². The van der Waals surface area contributed by atoms with Gasteiger partial charge in [-0.3, -0.25) is 10.1 Å². The van der Waals surface area contributed by atoms with Gasteiger partial charge in [-0.05, 0) is 30.7 Å². The molecule has 0 aliphatic heterocycles. The Hall–Kier alpha value is -1.98. The first-order valence-corrected chi connectivity index (χ1v) is 5.50. The van der Waals surface area contributed by atoms with Crippen molar-refractivity contribution in [2.24, 2.45) is 5.18 Å².